The number of sulfone groups is 1. The van der Waals surface area contributed by atoms with Crippen molar-refractivity contribution in [3.63, 3.8) is 0 Å². The van der Waals surface area contributed by atoms with Crippen LogP contribution in [0.2, 0.25) is 0 Å². The zero-order valence-corrected chi connectivity index (χ0v) is 11.4. The number of nitrogens with zero attached hydrogens (tertiary/aromatic N) is 2. The van der Waals surface area contributed by atoms with Crippen LogP contribution in [0.5, 0.6) is 0 Å². The molecule has 8 heteroatoms. The molecule has 0 spiro atoms. The van der Waals surface area contributed by atoms with Crippen molar-refractivity contribution in [2.75, 3.05) is 23.9 Å². The first kappa shape index (κ1) is 13.7. The second-order valence-corrected chi connectivity index (χ2v) is 6.69. The quantitative estimate of drug-likeness (QED) is 0.799. The van der Waals surface area contributed by atoms with Gasteiger partial charge in [0, 0.05) is 13.1 Å². The Balaban J connectivity index is 2.00. The molecule has 0 radical (unpaired) electrons. The Bertz CT molecular complexity index is 556. The second kappa shape index (κ2) is 5.52. The van der Waals surface area contributed by atoms with Crippen molar-refractivity contribution in [1.29, 1.82) is 0 Å². The van der Waals surface area contributed by atoms with Gasteiger partial charge in [0.25, 0.3) is 5.91 Å². The molecule has 1 amide bonds. The molecule has 2 N–H and O–H groups in total. The molecule has 0 saturated carbocycles. The Morgan fingerprint density at radius 1 is 1.37 bits per heavy atom. The molecule has 1 saturated heterocycles. The Kier molecular flexibility index (Phi) is 3.98. The molecule has 0 aromatic carbocycles. The molecule has 2 rings (SSSR count). The zero-order valence-electron chi connectivity index (χ0n) is 10.6. The second-order valence-electron chi connectivity index (χ2n) is 4.46. The maximum atomic E-state index is 11.9. The molecular weight excluding hydrogens is 268 g/mol. The van der Waals surface area contributed by atoms with Gasteiger partial charge >= 0.3 is 0 Å². The normalized spacial score (nSPS) is 21.6. The van der Waals surface area contributed by atoms with Gasteiger partial charge in [0.2, 0.25) is 0 Å². The lowest BCUT2D eigenvalue weighted by Gasteiger charge is -2.22. The Morgan fingerprint density at radius 2 is 2.16 bits per heavy atom. The number of hydrogen-bond donors (Lipinski definition) is 2. The van der Waals surface area contributed by atoms with E-state index in [0.29, 0.717) is 18.7 Å². The average Bonchev–Trinajstić information content (AvgIpc) is 2.37. The summed E-state index contributed by atoms with van der Waals surface area (Å²) in [4.78, 5) is 19.8. The molecule has 1 aliphatic rings. The zero-order chi connectivity index (χ0) is 13.9. The lowest BCUT2D eigenvalue weighted by Crippen LogP contribution is -2.43. The summed E-state index contributed by atoms with van der Waals surface area (Å²) >= 11 is 0. The molecule has 0 bridgehead atoms. The SMILES string of the molecule is CNc1cnc(C(=O)NC2CCCS(=O)(=O)C2)cn1. The largest absolute Gasteiger partial charge is 0.372 e. The van der Waals surface area contributed by atoms with Crippen LogP contribution in [0.4, 0.5) is 5.82 Å². The van der Waals surface area contributed by atoms with Gasteiger partial charge in [-0.15, -0.1) is 0 Å². The highest BCUT2D eigenvalue weighted by Gasteiger charge is 2.26. The third-order valence-corrected chi connectivity index (χ3v) is 4.76. The number of carbonyl (C=O) groups excluding carboxylic acids is 1. The van der Waals surface area contributed by atoms with Gasteiger partial charge in [-0.05, 0) is 12.8 Å². The van der Waals surface area contributed by atoms with Crippen LogP contribution in [0.15, 0.2) is 12.4 Å². The molecule has 1 aromatic heterocycles. The van der Waals surface area contributed by atoms with E-state index < -0.39 is 15.7 Å². The summed E-state index contributed by atoms with van der Waals surface area (Å²) in [6, 6.07) is -0.336. The maximum Gasteiger partial charge on any atom is 0.271 e. The van der Waals surface area contributed by atoms with Crippen molar-refractivity contribution < 1.29 is 13.2 Å². The van der Waals surface area contributed by atoms with Crippen molar-refractivity contribution >= 4 is 21.6 Å². The number of aromatic nitrogens is 2. The minimum atomic E-state index is -3.03. The molecule has 1 fully saturated rings. The number of amides is 1. The summed E-state index contributed by atoms with van der Waals surface area (Å²) in [5, 5.41) is 5.49. The van der Waals surface area contributed by atoms with Crippen LogP contribution in [0, 0.1) is 0 Å². The first-order valence-corrected chi connectivity index (χ1v) is 7.83. The molecule has 1 aliphatic heterocycles. The van der Waals surface area contributed by atoms with Crippen LogP contribution in [0.25, 0.3) is 0 Å². The fourth-order valence-corrected chi connectivity index (χ4v) is 3.61. The van der Waals surface area contributed by atoms with E-state index in [2.05, 4.69) is 20.6 Å². The molecule has 7 nitrogen and oxygen atoms in total. The topological polar surface area (TPSA) is 101 Å². The van der Waals surface area contributed by atoms with E-state index in [1.54, 1.807) is 7.05 Å². The van der Waals surface area contributed by atoms with Crippen LogP contribution >= 0.6 is 0 Å². The minimum absolute atomic E-state index is 0.000762. The van der Waals surface area contributed by atoms with Gasteiger partial charge in [0.05, 0.1) is 23.9 Å². The summed E-state index contributed by atoms with van der Waals surface area (Å²) in [6.07, 6.45) is 4.07. The molecule has 1 unspecified atom stereocenters. The molecule has 0 aliphatic carbocycles. The van der Waals surface area contributed by atoms with Crippen molar-refractivity contribution in [3.05, 3.63) is 18.1 Å². The summed E-state index contributed by atoms with van der Waals surface area (Å²) < 4.78 is 22.9. The number of anilines is 1. The Hall–Kier alpha value is -1.70. The summed E-state index contributed by atoms with van der Waals surface area (Å²) in [5.41, 5.74) is 0.182. The van der Waals surface area contributed by atoms with Crippen molar-refractivity contribution in [3.8, 4) is 0 Å². The highest BCUT2D eigenvalue weighted by molar-refractivity contribution is 7.91. The molecule has 104 valence electrons. The van der Waals surface area contributed by atoms with Gasteiger partial charge in [-0.25, -0.2) is 18.4 Å². The van der Waals surface area contributed by atoms with Gasteiger partial charge in [0.1, 0.15) is 11.5 Å². The standard InChI is InChI=1S/C11H16N4O3S/c1-12-10-6-13-9(5-14-10)11(16)15-8-3-2-4-19(17,18)7-8/h5-6,8H,2-4,7H2,1H3,(H,12,14)(H,15,16). The molecule has 1 aromatic rings. The number of carbonyl (C=O) groups is 1. The third kappa shape index (κ3) is 3.63. The number of nitrogens with one attached hydrogen (secondary N) is 2. The summed E-state index contributed by atoms with van der Waals surface area (Å²) in [6.45, 7) is 0. The maximum absolute atomic E-state index is 11.9. The summed E-state index contributed by atoms with van der Waals surface area (Å²) in [5.74, 6) is 0.380. The van der Waals surface area contributed by atoms with Crippen LogP contribution in [-0.2, 0) is 9.84 Å². The lowest BCUT2D eigenvalue weighted by molar-refractivity contribution is 0.0933. The Labute approximate surface area is 111 Å². The van der Waals surface area contributed by atoms with Gasteiger partial charge < -0.3 is 10.6 Å². The van der Waals surface area contributed by atoms with Crippen LogP contribution in [0.3, 0.4) is 0 Å². The van der Waals surface area contributed by atoms with Gasteiger partial charge in [-0.1, -0.05) is 0 Å². The summed E-state index contributed by atoms with van der Waals surface area (Å²) in [7, 11) is -1.33. The molecule has 2 heterocycles. The van der Waals surface area contributed by atoms with E-state index in [-0.39, 0.29) is 23.2 Å². The monoisotopic (exact) mass is 284 g/mol. The van der Waals surface area contributed by atoms with Crippen molar-refractivity contribution in [2.24, 2.45) is 0 Å². The van der Waals surface area contributed by atoms with Crippen molar-refractivity contribution in [2.45, 2.75) is 18.9 Å². The van der Waals surface area contributed by atoms with E-state index >= 15 is 0 Å². The van der Waals surface area contributed by atoms with E-state index in [0.717, 1.165) is 0 Å². The number of rotatable bonds is 3. The molecule has 1 atom stereocenters. The van der Waals surface area contributed by atoms with E-state index in [4.69, 9.17) is 0 Å². The van der Waals surface area contributed by atoms with E-state index in [1.807, 2.05) is 0 Å². The van der Waals surface area contributed by atoms with E-state index in [9.17, 15) is 13.2 Å². The predicted molar refractivity (Wildman–Crippen MR) is 70.7 cm³/mol. The van der Waals surface area contributed by atoms with Gasteiger partial charge in [0.15, 0.2) is 9.84 Å². The van der Waals surface area contributed by atoms with E-state index in [1.165, 1.54) is 12.4 Å². The molecule has 19 heavy (non-hydrogen) atoms. The lowest BCUT2D eigenvalue weighted by atomic mass is 10.2. The fraction of sp³-hybridized carbons (Fsp3) is 0.545. The number of hydrogen-bond acceptors (Lipinski definition) is 6. The minimum Gasteiger partial charge on any atom is -0.372 e. The van der Waals surface area contributed by atoms with Crippen LogP contribution < -0.4 is 10.6 Å². The predicted octanol–water partition coefficient (Wildman–Crippen LogP) is -0.175. The highest BCUT2D eigenvalue weighted by atomic mass is 32.2. The van der Waals surface area contributed by atoms with Crippen molar-refractivity contribution in [1.82, 2.24) is 15.3 Å². The Morgan fingerprint density at radius 3 is 2.74 bits per heavy atom. The smallest absolute Gasteiger partial charge is 0.271 e. The highest BCUT2D eigenvalue weighted by Crippen LogP contribution is 2.12. The van der Waals surface area contributed by atoms with Gasteiger partial charge in [-0.3, -0.25) is 4.79 Å². The van der Waals surface area contributed by atoms with Crippen LogP contribution in [0.1, 0.15) is 23.3 Å². The first-order chi connectivity index (χ1) is 9.00. The van der Waals surface area contributed by atoms with Gasteiger partial charge in [-0.2, -0.15) is 0 Å². The third-order valence-electron chi connectivity index (χ3n) is 2.94. The molecular formula is C11H16N4O3S. The first-order valence-electron chi connectivity index (χ1n) is 6.01. The van der Waals surface area contributed by atoms with Crippen LogP contribution in [-0.4, -0.2) is 48.9 Å². The fourth-order valence-electron chi connectivity index (χ4n) is 1.97. The average molecular weight is 284 g/mol.